The smallest absolute Gasteiger partial charge is 0.271 e. The molecule has 0 aliphatic carbocycles. The zero-order chi connectivity index (χ0) is 15.9. The van der Waals surface area contributed by atoms with Crippen molar-refractivity contribution >= 4 is 34.3 Å². The van der Waals surface area contributed by atoms with Gasteiger partial charge in [-0.15, -0.1) is 17.9 Å². The molecule has 2 aromatic rings. The van der Waals surface area contributed by atoms with Crippen LogP contribution in [-0.2, 0) is 6.61 Å². The van der Waals surface area contributed by atoms with E-state index in [2.05, 4.69) is 11.9 Å². The maximum Gasteiger partial charge on any atom is 0.271 e. The molecule has 0 aromatic carbocycles. The average molecular weight is 333 g/mol. The van der Waals surface area contributed by atoms with Gasteiger partial charge in [0.2, 0.25) is 5.78 Å². The summed E-state index contributed by atoms with van der Waals surface area (Å²) in [5, 5.41) is 14.2. The van der Waals surface area contributed by atoms with Crippen molar-refractivity contribution in [2.24, 2.45) is 0 Å². The average Bonchev–Trinajstić information content (AvgIpc) is 3.07. The van der Waals surface area contributed by atoms with E-state index in [-0.39, 0.29) is 12.4 Å². The molecule has 2 rings (SSSR count). The first-order chi connectivity index (χ1) is 10.7. The van der Waals surface area contributed by atoms with E-state index >= 15 is 0 Å². The molecular weight excluding hydrogens is 316 g/mol. The molecule has 0 spiro atoms. The van der Waals surface area contributed by atoms with Crippen LogP contribution in [0.4, 0.5) is 0 Å². The number of ketones is 1. The lowest BCUT2D eigenvalue weighted by molar-refractivity contribution is -0.692. The molecule has 22 heavy (non-hydrogen) atoms. The molecule has 0 saturated carbocycles. The third-order valence-electron chi connectivity index (χ3n) is 3.05. The van der Waals surface area contributed by atoms with Crippen LogP contribution >= 0.6 is 23.6 Å². The largest absolute Gasteiger partial charge is 0.391 e. The number of thiophene rings is 1. The zero-order valence-corrected chi connectivity index (χ0v) is 13.6. The summed E-state index contributed by atoms with van der Waals surface area (Å²) < 4.78 is 1.73. The molecule has 0 fully saturated rings. The first-order valence-electron chi connectivity index (χ1n) is 6.74. The summed E-state index contributed by atoms with van der Waals surface area (Å²) in [6.45, 7) is 4.05. The Bertz CT molecular complexity index is 669. The molecule has 0 radical (unpaired) electrons. The molecule has 114 valence electrons. The van der Waals surface area contributed by atoms with E-state index < -0.39 is 6.04 Å². The SMILES string of the molecule is C=CCNC(=S)C(C(=O)c1cccs1)[n+]1cccc(CO)c1. The van der Waals surface area contributed by atoms with Gasteiger partial charge in [0.15, 0.2) is 17.4 Å². The maximum absolute atomic E-state index is 12.8. The minimum absolute atomic E-state index is 0.0725. The Morgan fingerprint density at radius 1 is 1.50 bits per heavy atom. The van der Waals surface area contributed by atoms with Gasteiger partial charge in [0.1, 0.15) is 0 Å². The van der Waals surface area contributed by atoms with Crippen LogP contribution in [0.1, 0.15) is 21.3 Å². The number of carbonyl (C=O) groups is 1. The molecule has 2 N–H and O–H groups in total. The van der Waals surface area contributed by atoms with E-state index in [1.807, 2.05) is 11.4 Å². The van der Waals surface area contributed by atoms with Crippen LogP contribution in [0.5, 0.6) is 0 Å². The minimum Gasteiger partial charge on any atom is -0.391 e. The standard InChI is InChI=1S/C16H16N2O2S2/c1-2-7-17-16(21)14(15(20)13-6-4-9-22-13)18-8-3-5-12(10-18)11-19/h2-6,8-10,14,19H,1,7,11H2/p+1. The zero-order valence-electron chi connectivity index (χ0n) is 11.9. The van der Waals surface area contributed by atoms with Crippen LogP contribution in [-0.4, -0.2) is 22.4 Å². The number of hydrogen-bond donors (Lipinski definition) is 2. The molecule has 0 aliphatic heterocycles. The van der Waals surface area contributed by atoms with Crippen molar-refractivity contribution in [2.75, 3.05) is 6.54 Å². The molecular formula is C16H17N2O2S2+. The second-order valence-corrected chi connectivity index (χ2v) is 5.98. The summed E-state index contributed by atoms with van der Waals surface area (Å²) >= 11 is 6.78. The number of hydrogen-bond acceptors (Lipinski definition) is 4. The highest BCUT2D eigenvalue weighted by atomic mass is 32.1. The van der Waals surface area contributed by atoms with Crippen LogP contribution < -0.4 is 9.88 Å². The highest BCUT2D eigenvalue weighted by molar-refractivity contribution is 7.80. The molecule has 0 amide bonds. The van der Waals surface area contributed by atoms with E-state index in [0.29, 0.717) is 16.4 Å². The molecule has 0 aliphatic rings. The Kier molecular flexibility index (Phi) is 5.94. The van der Waals surface area contributed by atoms with E-state index in [0.717, 1.165) is 5.56 Å². The summed E-state index contributed by atoms with van der Waals surface area (Å²) in [5.74, 6) is -0.0725. The fraction of sp³-hybridized carbons (Fsp3) is 0.188. The molecule has 0 bridgehead atoms. The van der Waals surface area contributed by atoms with Crippen molar-refractivity contribution in [1.82, 2.24) is 5.32 Å². The summed E-state index contributed by atoms with van der Waals surface area (Å²) in [6, 6.07) is 6.57. The van der Waals surface area contributed by atoms with Crippen LogP contribution in [0.2, 0.25) is 0 Å². The third kappa shape index (κ3) is 3.85. The van der Waals surface area contributed by atoms with Crippen molar-refractivity contribution in [3.8, 4) is 0 Å². The van der Waals surface area contributed by atoms with E-state index in [1.165, 1.54) is 11.3 Å². The lowest BCUT2D eigenvalue weighted by atomic mass is 10.1. The maximum atomic E-state index is 12.8. The van der Waals surface area contributed by atoms with Crippen LogP contribution in [0.3, 0.4) is 0 Å². The highest BCUT2D eigenvalue weighted by Gasteiger charge is 2.33. The van der Waals surface area contributed by atoms with Crippen LogP contribution in [0.15, 0.2) is 54.7 Å². The van der Waals surface area contributed by atoms with Gasteiger partial charge in [0.05, 0.1) is 11.5 Å². The second kappa shape index (κ2) is 7.93. The molecule has 2 aromatic heterocycles. The number of Topliss-reactive ketones (excluding diaryl/α,β-unsaturated/α-hetero) is 1. The Morgan fingerprint density at radius 3 is 2.95 bits per heavy atom. The highest BCUT2D eigenvalue weighted by Crippen LogP contribution is 2.16. The van der Waals surface area contributed by atoms with E-state index in [9.17, 15) is 9.90 Å². The van der Waals surface area contributed by atoms with Gasteiger partial charge in [-0.25, -0.2) is 0 Å². The fourth-order valence-corrected chi connectivity index (χ4v) is 3.01. The van der Waals surface area contributed by atoms with Gasteiger partial charge in [0, 0.05) is 18.2 Å². The van der Waals surface area contributed by atoms with Crippen LogP contribution in [0, 0.1) is 0 Å². The number of aliphatic hydroxyl groups is 1. The number of nitrogens with zero attached hydrogens (tertiary/aromatic N) is 1. The molecule has 1 unspecified atom stereocenters. The summed E-state index contributed by atoms with van der Waals surface area (Å²) in [6.07, 6.45) is 5.20. The van der Waals surface area contributed by atoms with Gasteiger partial charge in [-0.3, -0.25) is 4.79 Å². The first kappa shape index (κ1) is 16.5. The Labute approximate surface area is 138 Å². The van der Waals surface area contributed by atoms with Crippen molar-refractivity contribution < 1.29 is 14.5 Å². The Hall–Kier alpha value is -1.89. The summed E-state index contributed by atoms with van der Waals surface area (Å²) in [5.41, 5.74) is 0.720. The van der Waals surface area contributed by atoms with Gasteiger partial charge in [-0.1, -0.05) is 24.4 Å². The monoisotopic (exact) mass is 333 g/mol. The number of carbonyl (C=O) groups excluding carboxylic acids is 1. The van der Waals surface area contributed by atoms with Gasteiger partial charge < -0.3 is 10.4 Å². The van der Waals surface area contributed by atoms with Crippen molar-refractivity contribution in [3.63, 3.8) is 0 Å². The number of pyridine rings is 1. The Balaban J connectivity index is 2.38. The van der Waals surface area contributed by atoms with Crippen molar-refractivity contribution in [1.29, 1.82) is 0 Å². The topological polar surface area (TPSA) is 53.2 Å². The first-order valence-corrected chi connectivity index (χ1v) is 8.03. The molecule has 2 heterocycles. The molecule has 1 atom stereocenters. The molecule has 4 nitrogen and oxygen atoms in total. The fourth-order valence-electron chi connectivity index (χ4n) is 2.01. The lowest BCUT2D eigenvalue weighted by Crippen LogP contribution is -2.51. The van der Waals surface area contributed by atoms with Gasteiger partial charge in [0.25, 0.3) is 6.04 Å². The third-order valence-corrected chi connectivity index (χ3v) is 4.30. The van der Waals surface area contributed by atoms with Crippen LogP contribution in [0.25, 0.3) is 0 Å². The number of aromatic nitrogens is 1. The van der Waals surface area contributed by atoms with Gasteiger partial charge >= 0.3 is 0 Å². The minimum atomic E-state index is -0.639. The number of aliphatic hydroxyl groups excluding tert-OH is 1. The molecule has 0 saturated heterocycles. The van der Waals surface area contributed by atoms with E-state index in [4.69, 9.17) is 12.2 Å². The predicted molar refractivity (Wildman–Crippen MR) is 91.0 cm³/mol. The normalized spacial score (nSPS) is 11.7. The number of thiocarbonyl (C=S) groups is 1. The number of nitrogens with one attached hydrogen (secondary N) is 1. The summed E-state index contributed by atoms with van der Waals surface area (Å²) in [7, 11) is 0. The summed E-state index contributed by atoms with van der Waals surface area (Å²) in [4.78, 5) is 13.9. The second-order valence-electron chi connectivity index (χ2n) is 4.60. The lowest BCUT2D eigenvalue weighted by Gasteiger charge is -2.13. The number of rotatable bonds is 7. The van der Waals surface area contributed by atoms with Crippen molar-refractivity contribution in [2.45, 2.75) is 12.6 Å². The molecule has 6 heteroatoms. The Morgan fingerprint density at radius 2 is 2.32 bits per heavy atom. The van der Waals surface area contributed by atoms with E-state index in [1.54, 1.807) is 41.2 Å². The van der Waals surface area contributed by atoms with Gasteiger partial charge in [-0.2, -0.15) is 4.57 Å². The predicted octanol–water partition coefficient (Wildman–Crippen LogP) is 2.05. The van der Waals surface area contributed by atoms with Gasteiger partial charge in [-0.05, 0) is 17.5 Å². The van der Waals surface area contributed by atoms with Crippen molar-refractivity contribution in [3.05, 3.63) is 65.1 Å². The quantitative estimate of drug-likeness (QED) is 0.352.